The summed E-state index contributed by atoms with van der Waals surface area (Å²) in [5.41, 5.74) is 5.84. The lowest BCUT2D eigenvalue weighted by Gasteiger charge is -2.05. The van der Waals surface area contributed by atoms with E-state index in [4.69, 9.17) is 0 Å². The molecule has 1 heterocycles. The first-order chi connectivity index (χ1) is 7.84. The maximum Gasteiger partial charge on any atom is 0.0718 e. The number of rotatable bonds is 1. The van der Waals surface area contributed by atoms with E-state index in [0.29, 0.717) is 0 Å². The molecular weight excluding hydrogens is 194 g/mol. The topological polar surface area (TPSA) is 14.1 Å². The molecule has 1 heteroatoms. The summed E-state index contributed by atoms with van der Waals surface area (Å²) in [6, 6.07) is 16.6. The van der Waals surface area contributed by atoms with Crippen molar-refractivity contribution in [2.24, 2.45) is 0 Å². The van der Waals surface area contributed by atoms with Gasteiger partial charge in [0.1, 0.15) is 0 Å². The molecule has 77 valence electrons. The van der Waals surface area contributed by atoms with E-state index in [2.05, 4.69) is 54.7 Å². The van der Waals surface area contributed by atoms with Crippen LogP contribution in [0, 0.1) is 6.92 Å². The SMILES string of the molecule is Cc1ccccc1C1=Cc2ccccc2[N]1. The predicted molar refractivity (Wildman–Crippen MR) is 67.3 cm³/mol. The molecular formula is C15H12N. The van der Waals surface area contributed by atoms with Crippen molar-refractivity contribution < 1.29 is 0 Å². The Morgan fingerprint density at radius 2 is 1.62 bits per heavy atom. The minimum absolute atomic E-state index is 1.07. The molecule has 0 aliphatic carbocycles. The van der Waals surface area contributed by atoms with Crippen LogP contribution in [0.5, 0.6) is 0 Å². The Morgan fingerprint density at radius 3 is 2.44 bits per heavy atom. The Bertz CT molecular complexity index is 567. The maximum absolute atomic E-state index is 4.64. The van der Waals surface area contributed by atoms with Gasteiger partial charge in [-0.15, -0.1) is 0 Å². The van der Waals surface area contributed by atoms with Gasteiger partial charge in [0.15, 0.2) is 0 Å². The molecule has 1 radical (unpaired) electrons. The quantitative estimate of drug-likeness (QED) is 0.674. The molecule has 1 nitrogen and oxygen atoms in total. The Labute approximate surface area is 95.4 Å². The third-order valence-corrected chi connectivity index (χ3v) is 2.89. The highest BCUT2D eigenvalue weighted by Gasteiger charge is 2.15. The van der Waals surface area contributed by atoms with Gasteiger partial charge in [0, 0.05) is 11.1 Å². The fourth-order valence-corrected chi connectivity index (χ4v) is 2.02. The van der Waals surface area contributed by atoms with E-state index in [1.807, 2.05) is 12.1 Å². The van der Waals surface area contributed by atoms with Crippen LogP contribution < -0.4 is 5.32 Å². The lowest BCUT2D eigenvalue weighted by Crippen LogP contribution is -1.94. The predicted octanol–water partition coefficient (Wildman–Crippen LogP) is 3.74. The summed E-state index contributed by atoms with van der Waals surface area (Å²) < 4.78 is 0. The molecule has 0 unspecified atom stereocenters. The third kappa shape index (κ3) is 1.41. The van der Waals surface area contributed by atoms with Gasteiger partial charge in [0.05, 0.1) is 11.4 Å². The van der Waals surface area contributed by atoms with Gasteiger partial charge >= 0.3 is 0 Å². The highest BCUT2D eigenvalue weighted by Crippen LogP contribution is 2.32. The summed E-state index contributed by atoms with van der Waals surface area (Å²) in [7, 11) is 0. The molecule has 0 atom stereocenters. The molecule has 1 aliphatic heterocycles. The summed E-state index contributed by atoms with van der Waals surface area (Å²) in [6.07, 6.45) is 2.15. The average molecular weight is 206 g/mol. The second kappa shape index (κ2) is 3.53. The second-order valence-corrected chi connectivity index (χ2v) is 4.02. The Hall–Kier alpha value is -2.02. The molecule has 3 rings (SSSR count). The Kier molecular flexibility index (Phi) is 2.03. The van der Waals surface area contributed by atoms with Crippen LogP contribution in [0.1, 0.15) is 16.7 Å². The maximum atomic E-state index is 4.64. The van der Waals surface area contributed by atoms with Crippen LogP contribution in [0.4, 0.5) is 5.69 Å². The Balaban J connectivity index is 2.05. The monoisotopic (exact) mass is 206 g/mol. The fraction of sp³-hybridized carbons (Fsp3) is 0.0667. The zero-order chi connectivity index (χ0) is 11.0. The molecule has 0 saturated carbocycles. The van der Waals surface area contributed by atoms with Gasteiger partial charge in [-0.1, -0.05) is 42.5 Å². The van der Waals surface area contributed by atoms with Gasteiger partial charge in [-0.05, 0) is 24.6 Å². The summed E-state index contributed by atoms with van der Waals surface area (Å²) in [6.45, 7) is 2.12. The van der Waals surface area contributed by atoms with Gasteiger partial charge in [-0.25, -0.2) is 5.32 Å². The van der Waals surface area contributed by atoms with Gasteiger partial charge in [0.25, 0.3) is 0 Å². The van der Waals surface area contributed by atoms with Crippen LogP contribution >= 0.6 is 0 Å². The van der Waals surface area contributed by atoms with E-state index in [9.17, 15) is 0 Å². The van der Waals surface area contributed by atoms with E-state index >= 15 is 0 Å². The van der Waals surface area contributed by atoms with E-state index < -0.39 is 0 Å². The number of nitrogens with zero attached hydrogens (tertiary/aromatic N) is 1. The van der Waals surface area contributed by atoms with Crippen molar-refractivity contribution in [2.75, 3.05) is 0 Å². The fourth-order valence-electron chi connectivity index (χ4n) is 2.02. The van der Waals surface area contributed by atoms with Crippen molar-refractivity contribution in [1.82, 2.24) is 5.32 Å². The van der Waals surface area contributed by atoms with Crippen molar-refractivity contribution in [1.29, 1.82) is 0 Å². The van der Waals surface area contributed by atoms with Crippen LogP contribution in [0.3, 0.4) is 0 Å². The number of hydrogen-bond acceptors (Lipinski definition) is 0. The first-order valence-electron chi connectivity index (χ1n) is 5.43. The lowest BCUT2D eigenvalue weighted by atomic mass is 10.1. The molecule has 0 spiro atoms. The molecule has 0 bridgehead atoms. The second-order valence-electron chi connectivity index (χ2n) is 4.02. The number of fused-ring (bicyclic) bond motifs is 1. The number of aryl methyl sites for hydroxylation is 1. The first kappa shape index (κ1) is 9.22. The first-order valence-corrected chi connectivity index (χ1v) is 5.43. The zero-order valence-electron chi connectivity index (χ0n) is 9.14. The van der Waals surface area contributed by atoms with Gasteiger partial charge in [-0.3, -0.25) is 0 Å². The summed E-state index contributed by atoms with van der Waals surface area (Å²) in [4.78, 5) is 0. The summed E-state index contributed by atoms with van der Waals surface area (Å²) in [5, 5.41) is 4.64. The number of benzene rings is 2. The van der Waals surface area contributed by atoms with Crippen LogP contribution in [0.25, 0.3) is 11.8 Å². The normalized spacial score (nSPS) is 12.9. The number of para-hydroxylation sites is 1. The van der Waals surface area contributed by atoms with Gasteiger partial charge < -0.3 is 0 Å². The summed E-state index contributed by atoms with van der Waals surface area (Å²) >= 11 is 0. The summed E-state index contributed by atoms with van der Waals surface area (Å²) in [5.74, 6) is 0. The van der Waals surface area contributed by atoms with Crippen molar-refractivity contribution in [2.45, 2.75) is 6.92 Å². The van der Waals surface area contributed by atoms with Crippen molar-refractivity contribution in [3.05, 3.63) is 65.2 Å². The van der Waals surface area contributed by atoms with E-state index in [0.717, 1.165) is 11.4 Å². The van der Waals surface area contributed by atoms with Gasteiger partial charge in [-0.2, -0.15) is 0 Å². The molecule has 0 aromatic heterocycles. The minimum Gasteiger partial charge on any atom is -0.248 e. The highest BCUT2D eigenvalue weighted by atomic mass is 14.9. The van der Waals surface area contributed by atoms with E-state index in [1.165, 1.54) is 16.7 Å². The van der Waals surface area contributed by atoms with E-state index in [1.54, 1.807) is 0 Å². The van der Waals surface area contributed by atoms with Crippen LogP contribution in [0.15, 0.2) is 48.5 Å². The smallest absolute Gasteiger partial charge is 0.0718 e. The zero-order valence-corrected chi connectivity index (χ0v) is 9.14. The third-order valence-electron chi connectivity index (χ3n) is 2.89. The van der Waals surface area contributed by atoms with Crippen molar-refractivity contribution in [3.8, 4) is 0 Å². The average Bonchev–Trinajstić information content (AvgIpc) is 2.73. The molecule has 0 saturated heterocycles. The van der Waals surface area contributed by atoms with Crippen molar-refractivity contribution >= 4 is 17.5 Å². The minimum atomic E-state index is 1.07. The molecule has 2 aromatic carbocycles. The van der Waals surface area contributed by atoms with E-state index in [-0.39, 0.29) is 0 Å². The van der Waals surface area contributed by atoms with Crippen LogP contribution in [-0.2, 0) is 0 Å². The lowest BCUT2D eigenvalue weighted by molar-refractivity contribution is 1.22. The van der Waals surface area contributed by atoms with Gasteiger partial charge in [0.2, 0.25) is 0 Å². The van der Waals surface area contributed by atoms with Crippen LogP contribution in [-0.4, -0.2) is 0 Å². The van der Waals surface area contributed by atoms with Crippen molar-refractivity contribution in [3.63, 3.8) is 0 Å². The largest absolute Gasteiger partial charge is 0.248 e. The standard InChI is InChI=1S/C15H12N/c1-11-6-2-4-8-13(11)15-10-12-7-3-5-9-14(12)16-15/h2-10H,1H3. The molecule has 16 heavy (non-hydrogen) atoms. The Morgan fingerprint density at radius 1 is 0.875 bits per heavy atom. The highest BCUT2D eigenvalue weighted by molar-refractivity contribution is 5.92. The molecule has 2 aromatic rings. The number of hydrogen-bond donors (Lipinski definition) is 0. The molecule has 0 N–H and O–H groups in total. The molecule has 0 fully saturated rings. The molecule has 1 aliphatic rings. The molecule has 0 amide bonds. The van der Waals surface area contributed by atoms with Crippen LogP contribution in [0.2, 0.25) is 0 Å².